The van der Waals surface area contributed by atoms with Crippen LogP contribution in [0.4, 0.5) is 0 Å². The fraction of sp³-hybridized carbons (Fsp3) is 1.00. The third kappa shape index (κ3) is 6.17. The predicted octanol–water partition coefficient (Wildman–Crippen LogP) is 2.51. The van der Waals surface area contributed by atoms with Crippen LogP contribution < -0.4 is 5.32 Å². The lowest BCUT2D eigenvalue weighted by molar-refractivity contribution is 0.0730. The molecule has 0 atom stereocenters. The van der Waals surface area contributed by atoms with Crippen molar-refractivity contribution in [3.8, 4) is 0 Å². The van der Waals surface area contributed by atoms with Gasteiger partial charge in [0.05, 0.1) is 6.61 Å². The van der Waals surface area contributed by atoms with E-state index >= 15 is 0 Å². The maximum atomic E-state index is 5.66. The summed E-state index contributed by atoms with van der Waals surface area (Å²) < 4.78 is 5.66. The topological polar surface area (TPSA) is 24.5 Å². The summed E-state index contributed by atoms with van der Waals surface area (Å²) in [4.78, 5) is 2.49. The highest BCUT2D eigenvalue weighted by atomic mass is 16.5. The molecule has 0 amide bonds. The molecule has 0 heterocycles. The van der Waals surface area contributed by atoms with E-state index in [0.717, 1.165) is 38.4 Å². The van der Waals surface area contributed by atoms with Crippen LogP contribution in [-0.2, 0) is 4.74 Å². The molecule has 1 saturated carbocycles. The van der Waals surface area contributed by atoms with Crippen LogP contribution in [0.3, 0.4) is 0 Å². The van der Waals surface area contributed by atoms with Gasteiger partial charge in [-0.05, 0) is 45.2 Å². The lowest BCUT2D eigenvalue weighted by Crippen LogP contribution is -2.41. The van der Waals surface area contributed by atoms with Crippen molar-refractivity contribution in [1.82, 2.24) is 10.2 Å². The maximum absolute atomic E-state index is 5.66. The van der Waals surface area contributed by atoms with Gasteiger partial charge in [-0.1, -0.05) is 20.8 Å². The summed E-state index contributed by atoms with van der Waals surface area (Å²) in [5.41, 5.74) is 0. The van der Waals surface area contributed by atoms with E-state index in [1.807, 2.05) is 0 Å². The van der Waals surface area contributed by atoms with Crippen molar-refractivity contribution in [2.24, 2.45) is 5.92 Å². The molecular weight excluding hydrogens is 224 g/mol. The Hall–Kier alpha value is -0.120. The molecule has 1 rings (SSSR count). The number of nitrogens with one attached hydrogen (secondary N) is 1. The van der Waals surface area contributed by atoms with Crippen LogP contribution in [0.25, 0.3) is 0 Å². The summed E-state index contributed by atoms with van der Waals surface area (Å²) in [5.74, 6) is 0.644. The molecule has 0 unspecified atom stereocenters. The standard InChI is InChI=1S/C15H32N2O/c1-5-16-14-6-8-15(9-7-14)17(4)10-11-18-12-13(2)3/h13-16H,5-12H2,1-4H3. The number of hydrogen-bond donors (Lipinski definition) is 1. The Balaban J connectivity index is 2.10. The monoisotopic (exact) mass is 256 g/mol. The summed E-state index contributed by atoms with van der Waals surface area (Å²) >= 11 is 0. The second-order valence-corrected chi connectivity index (χ2v) is 6.01. The Morgan fingerprint density at radius 1 is 1.22 bits per heavy atom. The summed E-state index contributed by atoms with van der Waals surface area (Å²) in [7, 11) is 2.25. The number of nitrogens with zero attached hydrogens (tertiary/aromatic N) is 1. The van der Waals surface area contributed by atoms with Crippen molar-refractivity contribution in [3.05, 3.63) is 0 Å². The molecule has 0 aromatic rings. The zero-order chi connectivity index (χ0) is 13.4. The largest absolute Gasteiger partial charge is 0.380 e. The fourth-order valence-corrected chi connectivity index (χ4v) is 2.72. The average Bonchev–Trinajstić information content (AvgIpc) is 2.35. The highest BCUT2D eigenvalue weighted by Crippen LogP contribution is 2.22. The quantitative estimate of drug-likeness (QED) is 0.675. The first-order valence-corrected chi connectivity index (χ1v) is 7.64. The minimum absolute atomic E-state index is 0.644. The van der Waals surface area contributed by atoms with E-state index in [1.165, 1.54) is 25.7 Å². The van der Waals surface area contributed by atoms with Crippen LogP contribution in [-0.4, -0.2) is 50.3 Å². The second kappa shape index (κ2) is 8.89. The Morgan fingerprint density at radius 3 is 2.44 bits per heavy atom. The van der Waals surface area contributed by atoms with E-state index < -0.39 is 0 Å². The SMILES string of the molecule is CCNC1CCC(N(C)CCOCC(C)C)CC1. The summed E-state index contributed by atoms with van der Waals surface area (Å²) in [6.45, 7) is 10.5. The van der Waals surface area contributed by atoms with Crippen LogP contribution >= 0.6 is 0 Å². The van der Waals surface area contributed by atoms with Gasteiger partial charge in [0.1, 0.15) is 0 Å². The van der Waals surface area contributed by atoms with Gasteiger partial charge in [-0.3, -0.25) is 0 Å². The molecule has 18 heavy (non-hydrogen) atoms. The lowest BCUT2D eigenvalue weighted by Gasteiger charge is -2.35. The van der Waals surface area contributed by atoms with E-state index in [9.17, 15) is 0 Å². The van der Waals surface area contributed by atoms with Gasteiger partial charge in [0.25, 0.3) is 0 Å². The first-order valence-electron chi connectivity index (χ1n) is 7.64. The molecule has 0 spiro atoms. The van der Waals surface area contributed by atoms with Gasteiger partial charge in [0, 0.05) is 25.2 Å². The molecule has 0 saturated heterocycles. The number of rotatable bonds is 8. The molecule has 1 aliphatic carbocycles. The Kier molecular flexibility index (Phi) is 7.87. The molecular formula is C15H32N2O. The lowest BCUT2D eigenvalue weighted by atomic mass is 9.90. The minimum Gasteiger partial charge on any atom is -0.380 e. The molecule has 0 radical (unpaired) electrons. The molecule has 0 bridgehead atoms. The highest BCUT2D eigenvalue weighted by Gasteiger charge is 2.22. The maximum Gasteiger partial charge on any atom is 0.0593 e. The van der Waals surface area contributed by atoms with Crippen molar-refractivity contribution in [3.63, 3.8) is 0 Å². The van der Waals surface area contributed by atoms with Crippen molar-refractivity contribution in [2.45, 2.75) is 58.5 Å². The summed E-state index contributed by atoms with van der Waals surface area (Å²) in [6, 6.07) is 1.53. The predicted molar refractivity (Wildman–Crippen MR) is 78.0 cm³/mol. The van der Waals surface area contributed by atoms with Gasteiger partial charge in [-0.2, -0.15) is 0 Å². The number of hydrogen-bond acceptors (Lipinski definition) is 3. The third-order valence-electron chi connectivity index (χ3n) is 3.85. The molecule has 0 aromatic heterocycles. The van der Waals surface area contributed by atoms with Crippen LogP contribution in [0.1, 0.15) is 46.5 Å². The van der Waals surface area contributed by atoms with Crippen LogP contribution in [0.15, 0.2) is 0 Å². The zero-order valence-electron chi connectivity index (χ0n) is 12.7. The number of ether oxygens (including phenoxy) is 1. The van der Waals surface area contributed by atoms with Gasteiger partial charge in [-0.25, -0.2) is 0 Å². The molecule has 1 fully saturated rings. The van der Waals surface area contributed by atoms with Crippen molar-refractivity contribution in [1.29, 1.82) is 0 Å². The minimum atomic E-state index is 0.644. The van der Waals surface area contributed by atoms with Gasteiger partial charge >= 0.3 is 0 Å². The molecule has 1 aliphatic rings. The van der Waals surface area contributed by atoms with E-state index in [2.05, 4.69) is 38.0 Å². The van der Waals surface area contributed by atoms with Crippen LogP contribution in [0, 0.1) is 5.92 Å². The normalized spacial score (nSPS) is 25.0. The van der Waals surface area contributed by atoms with Crippen LogP contribution in [0.2, 0.25) is 0 Å². The van der Waals surface area contributed by atoms with E-state index in [-0.39, 0.29) is 0 Å². The second-order valence-electron chi connectivity index (χ2n) is 6.01. The molecule has 0 aliphatic heterocycles. The Morgan fingerprint density at radius 2 is 1.89 bits per heavy atom. The summed E-state index contributed by atoms with van der Waals surface area (Å²) in [6.07, 6.45) is 5.32. The molecule has 3 nitrogen and oxygen atoms in total. The van der Waals surface area contributed by atoms with E-state index in [4.69, 9.17) is 4.74 Å². The van der Waals surface area contributed by atoms with Gasteiger partial charge in [0.15, 0.2) is 0 Å². The zero-order valence-corrected chi connectivity index (χ0v) is 12.7. The third-order valence-corrected chi connectivity index (χ3v) is 3.85. The van der Waals surface area contributed by atoms with E-state index in [0.29, 0.717) is 5.92 Å². The van der Waals surface area contributed by atoms with Gasteiger partial charge in [-0.15, -0.1) is 0 Å². The molecule has 108 valence electrons. The molecule has 0 aromatic carbocycles. The first kappa shape index (κ1) is 15.9. The molecule has 1 N–H and O–H groups in total. The Labute approximate surface area is 113 Å². The van der Waals surface area contributed by atoms with Crippen LogP contribution in [0.5, 0.6) is 0 Å². The fourth-order valence-electron chi connectivity index (χ4n) is 2.72. The van der Waals surface area contributed by atoms with Gasteiger partial charge in [0.2, 0.25) is 0 Å². The van der Waals surface area contributed by atoms with Crippen molar-refractivity contribution in [2.75, 3.05) is 33.4 Å². The number of likely N-dealkylation sites (N-methyl/N-ethyl adjacent to an activating group) is 1. The smallest absolute Gasteiger partial charge is 0.0593 e. The van der Waals surface area contributed by atoms with Gasteiger partial charge < -0.3 is 15.0 Å². The first-order chi connectivity index (χ1) is 8.63. The Bertz CT molecular complexity index is 201. The molecule has 3 heteroatoms. The van der Waals surface area contributed by atoms with Crippen molar-refractivity contribution < 1.29 is 4.74 Å². The van der Waals surface area contributed by atoms with E-state index in [1.54, 1.807) is 0 Å². The average molecular weight is 256 g/mol. The summed E-state index contributed by atoms with van der Waals surface area (Å²) in [5, 5.41) is 3.57. The highest BCUT2D eigenvalue weighted by molar-refractivity contribution is 4.81. The van der Waals surface area contributed by atoms with Crippen molar-refractivity contribution >= 4 is 0 Å².